The lowest BCUT2D eigenvalue weighted by Crippen LogP contribution is -2.06. The number of pyridine rings is 1. The number of carbonyl (C=O) groups excluding carboxylic acids is 1. The van der Waals surface area contributed by atoms with E-state index in [0.717, 1.165) is 5.56 Å². The number of esters is 1. The molecule has 0 unspecified atom stereocenters. The fourth-order valence-corrected chi connectivity index (χ4v) is 1.94. The summed E-state index contributed by atoms with van der Waals surface area (Å²) in [5, 5.41) is 7.78. The third-order valence-corrected chi connectivity index (χ3v) is 3.01. The number of carbonyl (C=O) groups is 1. The van der Waals surface area contributed by atoms with Crippen LogP contribution in [0.1, 0.15) is 21.7 Å². The van der Waals surface area contributed by atoms with E-state index in [4.69, 9.17) is 4.74 Å². The maximum absolute atomic E-state index is 11.9. The zero-order valence-electron chi connectivity index (χ0n) is 11.8. The zero-order chi connectivity index (χ0) is 15.2. The fraction of sp³-hybridized carbons (Fsp3) is 0.125. The number of aromatic nitrogens is 4. The van der Waals surface area contributed by atoms with Gasteiger partial charge in [0.15, 0.2) is 5.69 Å². The Morgan fingerprint density at radius 2 is 1.91 bits per heavy atom. The molecule has 0 aliphatic carbocycles. The number of hydrogen-bond acceptors (Lipinski definition) is 5. The molecule has 0 saturated heterocycles. The van der Waals surface area contributed by atoms with Gasteiger partial charge in [-0.3, -0.25) is 4.98 Å². The Hall–Kier alpha value is -3.02. The molecule has 0 atom stereocenters. The van der Waals surface area contributed by atoms with Crippen molar-refractivity contribution in [3.05, 3.63) is 77.9 Å². The SMILES string of the molecule is O=C(OCc1ccccn1)c1cn(Cc2ccccc2)nn1. The van der Waals surface area contributed by atoms with E-state index < -0.39 is 5.97 Å². The van der Waals surface area contributed by atoms with Crippen molar-refractivity contribution in [3.8, 4) is 0 Å². The maximum Gasteiger partial charge on any atom is 0.360 e. The largest absolute Gasteiger partial charge is 0.454 e. The van der Waals surface area contributed by atoms with Gasteiger partial charge in [-0.25, -0.2) is 9.48 Å². The van der Waals surface area contributed by atoms with Crippen molar-refractivity contribution < 1.29 is 9.53 Å². The van der Waals surface area contributed by atoms with Crippen molar-refractivity contribution in [2.75, 3.05) is 0 Å². The highest BCUT2D eigenvalue weighted by Gasteiger charge is 2.12. The Morgan fingerprint density at radius 3 is 2.68 bits per heavy atom. The Balaban J connectivity index is 1.60. The minimum atomic E-state index is -0.509. The Bertz CT molecular complexity index is 741. The molecule has 0 aliphatic rings. The monoisotopic (exact) mass is 294 g/mol. The molecule has 0 radical (unpaired) electrons. The van der Waals surface area contributed by atoms with Gasteiger partial charge >= 0.3 is 5.97 Å². The van der Waals surface area contributed by atoms with Crippen molar-refractivity contribution in [2.24, 2.45) is 0 Å². The molecule has 0 N–H and O–H groups in total. The van der Waals surface area contributed by atoms with E-state index in [1.54, 1.807) is 29.2 Å². The molecule has 1 aromatic carbocycles. The van der Waals surface area contributed by atoms with Gasteiger partial charge in [0.05, 0.1) is 18.4 Å². The van der Waals surface area contributed by atoms with Gasteiger partial charge in [-0.15, -0.1) is 5.10 Å². The first-order chi connectivity index (χ1) is 10.8. The Labute approximate surface area is 127 Å². The maximum atomic E-state index is 11.9. The van der Waals surface area contributed by atoms with Crippen LogP contribution in [0.15, 0.2) is 60.9 Å². The van der Waals surface area contributed by atoms with Gasteiger partial charge in [-0.2, -0.15) is 0 Å². The van der Waals surface area contributed by atoms with Crippen molar-refractivity contribution in [2.45, 2.75) is 13.2 Å². The van der Waals surface area contributed by atoms with Crippen LogP contribution in [0, 0.1) is 0 Å². The third-order valence-electron chi connectivity index (χ3n) is 3.01. The van der Waals surface area contributed by atoms with Crippen molar-refractivity contribution >= 4 is 5.97 Å². The smallest absolute Gasteiger partial charge is 0.360 e. The van der Waals surface area contributed by atoms with E-state index in [-0.39, 0.29) is 12.3 Å². The average molecular weight is 294 g/mol. The van der Waals surface area contributed by atoms with Gasteiger partial charge in [0.1, 0.15) is 6.61 Å². The molecule has 0 aliphatic heterocycles. The first-order valence-corrected chi connectivity index (χ1v) is 6.82. The van der Waals surface area contributed by atoms with Crippen LogP contribution in [0.2, 0.25) is 0 Å². The summed E-state index contributed by atoms with van der Waals surface area (Å²) in [5.41, 5.74) is 1.96. The van der Waals surface area contributed by atoms with E-state index in [1.165, 1.54) is 0 Å². The van der Waals surface area contributed by atoms with Crippen molar-refractivity contribution in [3.63, 3.8) is 0 Å². The molecule has 110 valence electrons. The summed E-state index contributed by atoms with van der Waals surface area (Å²) in [6.07, 6.45) is 3.23. The summed E-state index contributed by atoms with van der Waals surface area (Å²) in [6.45, 7) is 0.673. The predicted molar refractivity (Wildman–Crippen MR) is 78.9 cm³/mol. The van der Waals surface area contributed by atoms with Crippen LogP contribution >= 0.6 is 0 Å². The van der Waals surface area contributed by atoms with Gasteiger partial charge in [-0.05, 0) is 17.7 Å². The lowest BCUT2D eigenvalue weighted by atomic mass is 10.2. The van der Waals surface area contributed by atoms with Crippen LogP contribution in [-0.4, -0.2) is 25.9 Å². The summed E-state index contributed by atoms with van der Waals surface area (Å²) in [5.74, 6) is -0.509. The molecular weight excluding hydrogens is 280 g/mol. The summed E-state index contributed by atoms with van der Waals surface area (Å²) in [7, 11) is 0. The number of rotatable bonds is 5. The average Bonchev–Trinajstić information content (AvgIpc) is 3.03. The third kappa shape index (κ3) is 3.54. The van der Waals surface area contributed by atoms with Gasteiger partial charge in [0.2, 0.25) is 0 Å². The second-order valence-electron chi connectivity index (χ2n) is 4.68. The zero-order valence-corrected chi connectivity index (χ0v) is 11.8. The highest BCUT2D eigenvalue weighted by Crippen LogP contribution is 2.04. The molecule has 2 heterocycles. The molecule has 2 aromatic heterocycles. The second-order valence-corrected chi connectivity index (χ2v) is 4.68. The minimum Gasteiger partial charge on any atom is -0.454 e. The molecule has 0 saturated carbocycles. The first-order valence-electron chi connectivity index (χ1n) is 6.82. The highest BCUT2D eigenvalue weighted by atomic mass is 16.5. The molecule has 6 nitrogen and oxygen atoms in total. The molecule has 22 heavy (non-hydrogen) atoms. The predicted octanol–water partition coefficient (Wildman–Crippen LogP) is 2.08. The fourth-order valence-electron chi connectivity index (χ4n) is 1.94. The summed E-state index contributed by atoms with van der Waals surface area (Å²) < 4.78 is 6.76. The molecule has 3 rings (SSSR count). The quantitative estimate of drug-likeness (QED) is 0.674. The van der Waals surface area contributed by atoms with Gasteiger partial charge < -0.3 is 4.74 Å². The molecule has 0 bridgehead atoms. The molecule has 0 amide bonds. The molecule has 0 fully saturated rings. The summed E-state index contributed by atoms with van der Waals surface area (Å²) in [6, 6.07) is 15.3. The van der Waals surface area contributed by atoms with Crippen LogP contribution in [0.3, 0.4) is 0 Å². The highest BCUT2D eigenvalue weighted by molar-refractivity contribution is 5.86. The number of hydrogen-bond donors (Lipinski definition) is 0. The van der Waals surface area contributed by atoms with Gasteiger partial charge in [0, 0.05) is 6.20 Å². The van der Waals surface area contributed by atoms with Crippen LogP contribution in [-0.2, 0) is 17.9 Å². The topological polar surface area (TPSA) is 69.9 Å². The Kier molecular flexibility index (Phi) is 4.20. The van der Waals surface area contributed by atoms with Crippen molar-refractivity contribution in [1.29, 1.82) is 0 Å². The molecule has 3 aromatic rings. The van der Waals surface area contributed by atoms with E-state index in [1.807, 2.05) is 36.4 Å². The summed E-state index contributed by atoms with van der Waals surface area (Å²) >= 11 is 0. The molecule has 0 spiro atoms. The minimum absolute atomic E-state index is 0.116. The number of benzene rings is 1. The van der Waals surface area contributed by atoms with E-state index >= 15 is 0 Å². The van der Waals surface area contributed by atoms with Gasteiger partial charge in [-0.1, -0.05) is 41.6 Å². The van der Waals surface area contributed by atoms with Crippen LogP contribution < -0.4 is 0 Å². The van der Waals surface area contributed by atoms with Crippen LogP contribution in [0.25, 0.3) is 0 Å². The first kappa shape index (κ1) is 13.9. The molecule has 6 heteroatoms. The lowest BCUT2D eigenvalue weighted by molar-refractivity contribution is 0.0460. The number of nitrogens with zero attached hydrogens (tertiary/aromatic N) is 4. The number of ether oxygens (including phenoxy) is 1. The van der Waals surface area contributed by atoms with E-state index in [9.17, 15) is 4.79 Å². The van der Waals surface area contributed by atoms with Crippen LogP contribution in [0.4, 0.5) is 0 Å². The van der Waals surface area contributed by atoms with Gasteiger partial charge in [0.25, 0.3) is 0 Å². The van der Waals surface area contributed by atoms with Crippen LogP contribution in [0.5, 0.6) is 0 Å². The Morgan fingerprint density at radius 1 is 1.09 bits per heavy atom. The second kappa shape index (κ2) is 6.62. The normalized spacial score (nSPS) is 10.4. The molecular formula is C16H14N4O2. The summed E-state index contributed by atoms with van der Waals surface area (Å²) in [4.78, 5) is 16.0. The van der Waals surface area contributed by atoms with Crippen molar-refractivity contribution in [1.82, 2.24) is 20.0 Å². The van der Waals surface area contributed by atoms with E-state index in [2.05, 4.69) is 15.3 Å². The van der Waals surface area contributed by atoms with E-state index in [0.29, 0.717) is 12.2 Å². The lowest BCUT2D eigenvalue weighted by Gasteiger charge is -2.01. The standard InChI is InChI=1S/C16H14N4O2/c21-16(22-12-14-8-4-5-9-17-14)15-11-20(19-18-15)10-13-6-2-1-3-7-13/h1-9,11H,10,12H2.